The predicted octanol–water partition coefficient (Wildman–Crippen LogP) is 3.44. The highest BCUT2D eigenvalue weighted by Gasteiger charge is 2.20. The van der Waals surface area contributed by atoms with Crippen molar-refractivity contribution in [1.29, 1.82) is 0 Å². The number of methoxy groups -OCH3 is 1. The van der Waals surface area contributed by atoms with Gasteiger partial charge in [-0.25, -0.2) is 0 Å². The SMILES string of the molecule is COc1cc(-c2c(-c3ccccc3)noc2C)ccc1C(=O)N[C@H](C)CO. The molecule has 0 bridgehead atoms. The Morgan fingerprint density at radius 1 is 1.22 bits per heavy atom. The normalized spacial score (nSPS) is 11.9. The minimum absolute atomic E-state index is 0.132. The number of nitrogens with zero attached hydrogens (tertiary/aromatic N) is 1. The van der Waals surface area contributed by atoms with Gasteiger partial charge in [-0.1, -0.05) is 41.6 Å². The molecule has 0 saturated heterocycles. The summed E-state index contributed by atoms with van der Waals surface area (Å²) in [5.41, 5.74) is 3.78. The van der Waals surface area contributed by atoms with Crippen molar-refractivity contribution in [2.24, 2.45) is 0 Å². The van der Waals surface area contributed by atoms with E-state index in [9.17, 15) is 4.79 Å². The summed E-state index contributed by atoms with van der Waals surface area (Å²) in [4.78, 5) is 12.4. The van der Waals surface area contributed by atoms with Crippen LogP contribution in [0.25, 0.3) is 22.4 Å². The molecule has 2 N–H and O–H groups in total. The number of aryl methyl sites for hydroxylation is 1. The smallest absolute Gasteiger partial charge is 0.255 e. The molecule has 3 aromatic rings. The summed E-state index contributed by atoms with van der Waals surface area (Å²) >= 11 is 0. The number of aromatic nitrogens is 1. The summed E-state index contributed by atoms with van der Waals surface area (Å²) in [6.07, 6.45) is 0. The van der Waals surface area contributed by atoms with E-state index in [4.69, 9.17) is 14.4 Å². The predicted molar refractivity (Wildman–Crippen MR) is 103 cm³/mol. The minimum Gasteiger partial charge on any atom is -0.496 e. The van der Waals surface area contributed by atoms with Crippen molar-refractivity contribution >= 4 is 5.91 Å². The number of ether oxygens (including phenoxy) is 1. The second-order valence-corrected chi connectivity index (χ2v) is 6.30. The molecule has 0 aliphatic rings. The molecular formula is C21H22N2O4. The Bertz CT molecular complexity index is 935. The molecule has 0 aliphatic carbocycles. The molecule has 2 aromatic carbocycles. The number of benzene rings is 2. The van der Waals surface area contributed by atoms with Gasteiger partial charge in [-0.15, -0.1) is 0 Å². The average molecular weight is 366 g/mol. The average Bonchev–Trinajstić information content (AvgIpc) is 3.09. The molecule has 3 rings (SSSR count). The van der Waals surface area contributed by atoms with Crippen LogP contribution in [0.3, 0.4) is 0 Å². The Morgan fingerprint density at radius 2 is 1.96 bits per heavy atom. The van der Waals surface area contributed by atoms with Crippen LogP contribution in [0.1, 0.15) is 23.0 Å². The number of aliphatic hydroxyl groups excluding tert-OH is 1. The fraction of sp³-hybridized carbons (Fsp3) is 0.238. The molecule has 1 atom stereocenters. The van der Waals surface area contributed by atoms with E-state index in [1.807, 2.05) is 43.3 Å². The van der Waals surface area contributed by atoms with Crippen molar-refractivity contribution in [2.75, 3.05) is 13.7 Å². The van der Waals surface area contributed by atoms with E-state index in [1.54, 1.807) is 19.1 Å². The zero-order chi connectivity index (χ0) is 19.4. The number of carbonyl (C=O) groups excluding carboxylic acids is 1. The quantitative estimate of drug-likeness (QED) is 0.698. The van der Waals surface area contributed by atoms with Gasteiger partial charge in [0.15, 0.2) is 0 Å². The van der Waals surface area contributed by atoms with E-state index >= 15 is 0 Å². The molecule has 6 heteroatoms. The Kier molecular flexibility index (Phi) is 5.57. The largest absolute Gasteiger partial charge is 0.496 e. The molecule has 1 amide bonds. The van der Waals surface area contributed by atoms with Gasteiger partial charge in [-0.2, -0.15) is 0 Å². The minimum atomic E-state index is -0.341. The van der Waals surface area contributed by atoms with E-state index in [2.05, 4.69) is 10.5 Å². The summed E-state index contributed by atoms with van der Waals surface area (Å²) in [5, 5.41) is 16.1. The van der Waals surface area contributed by atoms with Crippen molar-refractivity contribution < 1.29 is 19.2 Å². The Hall–Kier alpha value is -3.12. The van der Waals surface area contributed by atoms with Gasteiger partial charge in [-0.3, -0.25) is 4.79 Å². The van der Waals surface area contributed by atoms with Crippen molar-refractivity contribution in [3.05, 3.63) is 59.9 Å². The van der Waals surface area contributed by atoms with Crippen LogP contribution in [0.5, 0.6) is 5.75 Å². The zero-order valence-electron chi connectivity index (χ0n) is 15.5. The summed E-state index contributed by atoms with van der Waals surface area (Å²) < 4.78 is 10.9. The number of aliphatic hydroxyl groups is 1. The highest BCUT2D eigenvalue weighted by molar-refractivity contribution is 5.98. The summed E-state index contributed by atoms with van der Waals surface area (Å²) in [6.45, 7) is 3.45. The number of carbonyl (C=O) groups is 1. The third kappa shape index (κ3) is 3.85. The molecule has 6 nitrogen and oxygen atoms in total. The molecule has 0 saturated carbocycles. The van der Waals surface area contributed by atoms with Crippen LogP contribution in [0.4, 0.5) is 0 Å². The molecule has 1 heterocycles. The van der Waals surface area contributed by atoms with Gasteiger partial charge in [0.1, 0.15) is 17.2 Å². The molecule has 0 unspecified atom stereocenters. The lowest BCUT2D eigenvalue weighted by molar-refractivity contribution is 0.0919. The van der Waals surface area contributed by atoms with Gasteiger partial charge in [-0.05, 0) is 31.5 Å². The Labute approximate surface area is 157 Å². The van der Waals surface area contributed by atoms with E-state index in [0.717, 1.165) is 22.4 Å². The maximum absolute atomic E-state index is 12.4. The zero-order valence-corrected chi connectivity index (χ0v) is 15.5. The first-order valence-electron chi connectivity index (χ1n) is 8.67. The number of amides is 1. The van der Waals surface area contributed by atoms with E-state index in [0.29, 0.717) is 17.1 Å². The first-order valence-corrected chi connectivity index (χ1v) is 8.67. The second kappa shape index (κ2) is 8.05. The molecule has 0 radical (unpaired) electrons. The van der Waals surface area contributed by atoms with E-state index in [-0.39, 0.29) is 18.6 Å². The van der Waals surface area contributed by atoms with Crippen LogP contribution in [-0.2, 0) is 0 Å². The standard InChI is InChI=1S/C21H22N2O4/c1-13(12-24)22-21(25)17-10-9-16(11-18(17)26-3)19-14(2)27-23-20(19)15-7-5-4-6-8-15/h4-11,13,24H,12H2,1-3H3,(H,22,25)/t13-/m1/s1. The van der Waals surface area contributed by atoms with Gasteiger partial charge in [0, 0.05) is 11.6 Å². The van der Waals surface area contributed by atoms with Gasteiger partial charge in [0.2, 0.25) is 0 Å². The van der Waals surface area contributed by atoms with Crippen LogP contribution < -0.4 is 10.1 Å². The summed E-state index contributed by atoms with van der Waals surface area (Å²) in [5.74, 6) is 0.821. The molecule has 0 spiro atoms. The number of nitrogens with one attached hydrogen (secondary N) is 1. The van der Waals surface area contributed by atoms with Crippen molar-refractivity contribution in [3.8, 4) is 28.1 Å². The van der Waals surface area contributed by atoms with E-state index < -0.39 is 0 Å². The van der Waals surface area contributed by atoms with Crippen LogP contribution in [-0.4, -0.2) is 35.9 Å². The maximum Gasteiger partial charge on any atom is 0.255 e. The molecule has 140 valence electrons. The van der Waals surface area contributed by atoms with Gasteiger partial charge in [0.25, 0.3) is 5.91 Å². The molecule has 1 aromatic heterocycles. The highest BCUT2D eigenvalue weighted by Crippen LogP contribution is 2.36. The lowest BCUT2D eigenvalue weighted by atomic mass is 9.98. The summed E-state index contributed by atoms with van der Waals surface area (Å²) in [7, 11) is 1.52. The lowest BCUT2D eigenvalue weighted by Crippen LogP contribution is -2.35. The third-order valence-electron chi connectivity index (χ3n) is 4.30. The van der Waals surface area contributed by atoms with E-state index in [1.165, 1.54) is 7.11 Å². The lowest BCUT2D eigenvalue weighted by Gasteiger charge is -2.14. The van der Waals surface area contributed by atoms with Crippen LogP contribution >= 0.6 is 0 Å². The highest BCUT2D eigenvalue weighted by atomic mass is 16.5. The van der Waals surface area contributed by atoms with Gasteiger partial charge >= 0.3 is 0 Å². The topological polar surface area (TPSA) is 84.6 Å². The molecule has 27 heavy (non-hydrogen) atoms. The first kappa shape index (κ1) is 18.7. The fourth-order valence-corrected chi connectivity index (χ4v) is 2.89. The van der Waals surface area contributed by atoms with Crippen molar-refractivity contribution in [1.82, 2.24) is 10.5 Å². The number of hydrogen-bond donors (Lipinski definition) is 2. The molecular weight excluding hydrogens is 344 g/mol. The van der Waals surface area contributed by atoms with Crippen molar-refractivity contribution in [2.45, 2.75) is 19.9 Å². The van der Waals surface area contributed by atoms with Crippen molar-refractivity contribution in [3.63, 3.8) is 0 Å². The van der Waals surface area contributed by atoms with Crippen LogP contribution in [0.15, 0.2) is 53.1 Å². The molecule has 0 aliphatic heterocycles. The number of hydrogen-bond acceptors (Lipinski definition) is 5. The Balaban J connectivity index is 2.02. The molecule has 0 fully saturated rings. The maximum atomic E-state index is 12.4. The Morgan fingerprint density at radius 3 is 2.63 bits per heavy atom. The first-order chi connectivity index (χ1) is 13.0. The van der Waals surface area contributed by atoms with Crippen LogP contribution in [0, 0.1) is 6.92 Å². The van der Waals surface area contributed by atoms with Gasteiger partial charge in [0.05, 0.1) is 24.8 Å². The fourth-order valence-electron chi connectivity index (χ4n) is 2.89. The van der Waals surface area contributed by atoms with Gasteiger partial charge < -0.3 is 19.7 Å². The third-order valence-corrected chi connectivity index (χ3v) is 4.30. The monoisotopic (exact) mass is 366 g/mol. The van der Waals surface area contributed by atoms with Crippen LogP contribution in [0.2, 0.25) is 0 Å². The number of rotatable bonds is 6. The second-order valence-electron chi connectivity index (χ2n) is 6.30. The summed E-state index contributed by atoms with van der Waals surface area (Å²) in [6, 6.07) is 14.8.